The van der Waals surface area contributed by atoms with E-state index in [9.17, 15) is 9.90 Å². The average molecular weight is 370 g/mol. The number of likely N-dealkylation sites (tertiary alicyclic amines) is 1. The predicted octanol–water partition coefficient (Wildman–Crippen LogP) is 1.82. The van der Waals surface area contributed by atoms with Gasteiger partial charge in [-0.15, -0.1) is 0 Å². The van der Waals surface area contributed by atoms with Gasteiger partial charge in [0, 0.05) is 24.9 Å². The minimum Gasteiger partial charge on any atom is -0.486 e. The molecule has 7 nitrogen and oxygen atoms in total. The number of aryl methyl sites for hydroxylation is 1. The molecule has 27 heavy (non-hydrogen) atoms. The Morgan fingerprint density at radius 3 is 2.89 bits per heavy atom. The number of amides is 1. The summed E-state index contributed by atoms with van der Waals surface area (Å²) in [6.45, 7) is 3.56. The molecule has 1 N–H and O–H groups in total. The first kappa shape index (κ1) is 17.6. The summed E-state index contributed by atoms with van der Waals surface area (Å²) in [5.74, 6) is 1.64. The van der Waals surface area contributed by atoms with Crippen molar-refractivity contribution in [2.45, 2.75) is 25.6 Å². The topological polar surface area (TPSA) is 81.1 Å². The molecule has 142 valence electrons. The molecule has 1 aromatic heterocycles. The number of aliphatic hydroxyl groups is 1. The average Bonchev–Trinajstić information content (AvgIpc) is 2.70. The first-order valence-electron chi connectivity index (χ1n) is 9.07. The quantitative estimate of drug-likeness (QED) is 0.888. The summed E-state index contributed by atoms with van der Waals surface area (Å²) in [4.78, 5) is 18.4. The van der Waals surface area contributed by atoms with E-state index < -0.39 is 12.2 Å². The maximum atomic E-state index is 12.6. The number of hydrogen-bond donors (Lipinski definition) is 1. The number of β-amino-alcohol motifs (C(OH)–C–C–N with tert-alkyl or cyclic N) is 1. The highest BCUT2D eigenvalue weighted by Gasteiger charge is 2.33. The Hall–Kier alpha value is -2.80. The molecule has 2 aliphatic heterocycles. The summed E-state index contributed by atoms with van der Waals surface area (Å²) in [6.07, 6.45) is 0.889. The molecule has 1 saturated heterocycles. The molecule has 1 amide bonds. The SMILES string of the molecule is Cc1ccc(C(=O)N2CC[C@@H](Oc3cccc4c3OCCO4)[C@H](O)C2)cn1. The molecule has 2 aromatic rings. The van der Waals surface area contributed by atoms with Crippen molar-refractivity contribution in [3.05, 3.63) is 47.8 Å². The van der Waals surface area contributed by atoms with Crippen molar-refractivity contribution in [3.63, 3.8) is 0 Å². The second-order valence-corrected chi connectivity index (χ2v) is 6.73. The molecule has 1 fully saturated rings. The molecule has 2 aliphatic rings. The van der Waals surface area contributed by atoms with Crippen LogP contribution in [0.15, 0.2) is 36.5 Å². The van der Waals surface area contributed by atoms with E-state index in [4.69, 9.17) is 14.2 Å². The molecule has 0 saturated carbocycles. The molecule has 0 radical (unpaired) electrons. The van der Waals surface area contributed by atoms with Crippen LogP contribution in [-0.2, 0) is 0 Å². The van der Waals surface area contributed by atoms with Gasteiger partial charge in [-0.25, -0.2) is 0 Å². The van der Waals surface area contributed by atoms with E-state index in [1.165, 1.54) is 0 Å². The van der Waals surface area contributed by atoms with Crippen molar-refractivity contribution in [2.75, 3.05) is 26.3 Å². The number of benzene rings is 1. The smallest absolute Gasteiger partial charge is 0.255 e. The lowest BCUT2D eigenvalue weighted by Gasteiger charge is -2.36. The van der Waals surface area contributed by atoms with Crippen LogP contribution in [0.1, 0.15) is 22.5 Å². The highest BCUT2D eigenvalue weighted by Crippen LogP contribution is 2.40. The Kier molecular flexibility index (Phi) is 4.85. The van der Waals surface area contributed by atoms with Crippen LogP contribution in [0.4, 0.5) is 0 Å². The Bertz CT molecular complexity index is 824. The summed E-state index contributed by atoms with van der Waals surface area (Å²) in [5, 5.41) is 10.5. The summed E-state index contributed by atoms with van der Waals surface area (Å²) >= 11 is 0. The van der Waals surface area contributed by atoms with Crippen LogP contribution < -0.4 is 14.2 Å². The Balaban J connectivity index is 1.42. The number of rotatable bonds is 3. The van der Waals surface area contributed by atoms with Crippen LogP contribution in [0.2, 0.25) is 0 Å². The van der Waals surface area contributed by atoms with Gasteiger partial charge in [-0.3, -0.25) is 9.78 Å². The number of fused-ring (bicyclic) bond motifs is 1. The van der Waals surface area contributed by atoms with E-state index in [1.54, 1.807) is 29.3 Å². The number of nitrogens with zero attached hydrogens (tertiary/aromatic N) is 2. The first-order chi connectivity index (χ1) is 13.1. The molecule has 0 aliphatic carbocycles. The monoisotopic (exact) mass is 370 g/mol. The van der Waals surface area contributed by atoms with Crippen molar-refractivity contribution < 1.29 is 24.1 Å². The van der Waals surface area contributed by atoms with Gasteiger partial charge >= 0.3 is 0 Å². The van der Waals surface area contributed by atoms with Gasteiger partial charge in [0.15, 0.2) is 11.5 Å². The van der Waals surface area contributed by atoms with Crippen molar-refractivity contribution in [2.24, 2.45) is 0 Å². The van der Waals surface area contributed by atoms with Gasteiger partial charge < -0.3 is 24.2 Å². The molecule has 4 rings (SSSR count). The zero-order valence-corrected chi connectivity index (χ0v) is 15.1. The maximum Gasteiger partial charge on any atom is 0.255 e. The molecule has 0 unspecified atom stereocenters. The highest BCUT2D eigenvalue weighted by atomic mass is 16.6. The molecule has 2 atom stereocenters. The molecule has 7 heteroatoms. The van der Waals surface area contributed by atoms with E-state index >= 15 is 0 Å². The Labute approximate surface area is 157 Å². The zero-order chi connectivity index (χ0) is 18.8. The fourth-order valence-corrected chi connectivity index (χ4v) is 3.31. The second-order valence-electron chi connectivity index (χ2n) is 6.73. The lowest BCUT2D eigenvalue weighted by atomic mass is 10.0. The van der Waals surface area contributed by atoms with Crippen LogP contribution in [-0.4, -0.2) is 59.4 Å². The second kappa shape index (κ2) is 7.44. The number of pyridine rings is 1. The van der Waals surface area contributed by atoms with Crippen molar-refractivity contribution in [1.82, 2.24) is 9.88 Å². The van der Waals surface area contributed by atoms with Crippen molar-refractivity contribution in [3.8, 4) is 17.2 Å². The number of piperidine rings is 1. The van der Waals surface area contributed by atoms with Gasteiger partial charge in [-0.1, -0.05) is 6.07 Å². The van der Waals surface area contributed by atoms with Crippen LogP contribution in [0, 0.1) is 6.92 Å². The molecular weight excluding hydrogens is 348 g/mol. The predicted molar refractivity (Wildman–Crippen MR) is 97.3 cm³/mol. The third-order valence-corrected chi connectivity index (χ3v) is 4.77. The Morgan fingerprint density at radius 1 is 1.26 bits per heavy atom. The van der Waals surface area contributed by atoms with Gasteiger partial charge in [-0.2, -0.15) is 0 Å². The third-order valence-electron chi connectivity index (χ3n) is 4.77. The maximum absolute atomic E-state index is 12.6. The fourth-order valence-electron chi connectivity index (χ4n) is 3.31. The van der Waals surface area contributed by atoms with Gasteiger partial charge in [0.2, 0.25) is 5.75 Å². The minimum absolute atomic E-state index is 0.131. The van der Waals surface area contributed by atoms with Crippen LogP contribution in [0.5, 0.6) is 17.2 Å². The number of aliphatic hydroxyl groups excluding tert-OH is 1. The molecular formula is C20H22N2O5. The van der Waals surface area contributed by atoms with Crippen LogP contribution in [0.3, 0.4) is 0 Å². The molecule has 0 bridgehead atoms. The normalized spacial score (nSPS) is 21.6. The largest absolute Gasteiger partial charge is 0.486 e. The lowest BCUT2D eigenvalue weighted by Crippen LogP contribution is -2.51. The van der Waals surface area contributed by atoms with E-state index in [1.807, 2.05) is 19.1 Å². The lowest BCUT2D eigenvalue weighted by molar-refractivity contribution is -0.0214. The minimum atomic E-state index is -0.790. The van der Waals surface area contributed by atoms with E-state index in [0.717, 1.165) is 5.69 Å². The van der Waals surface area contributed by atoms with Crippen molar-refractivity contribution in [1.29, 1.82) is 0 Å². The number of hydrogen-bond acceptors (Lipinski definition) is 6. The Morgan fingerprint density at radius 2 is 2.11 bits per heavy atom. The van der Waals surface area contributed by atoms with E-state index in [2.05, 4.69) is 4.98 Å². The number of para-hydroxylation sites is 1. The fraction of sp³-hybridized carbons (Fsp3) is 0.400. The van der Waals surface area contributed by atoms with Crippen LogP contribution in [0.25, 0.3) is 0 Å². The molecule has 0 spiro atoms. The number of ether oxygens (including phenoxy) is 3. The third kappa shape index (κ3) is 3.68. The molecule has 1 aromatic carbocycles. The van der Waals surface area contributed by atoms with Gasteiger partial charge in [0.05, 0.1) is 12.1 Å². The van der Waals surface area contributed by atoms with Crippen molar-refractivity contribution >= 4 is 5.91 Å². The van der Waals surface area contributed by atoms with E-state index in [-0.39, 0.29) is 12.5 Å². The number of carbonyl (C=O) groups is 1. The summed E-state index contributed by atoms with van der Waals surface area (Å²) in [7, 11) is 0. The number of aromatic nitrogens is 1. The number of carbonyl (C=O) groups excluding carboxylic acids is 1. The zero-order valence-electron chi connectivity index (χ0n) is 15.1. The summed E-state index contributed by atoms with van der Waals surface area (Å²) < 4.78 is 17.2. The standard InChI is InChI=1S/C20H22N2O5/c1-13-5-6-14(11-21-13)20(24)22-8-7-16(15(23)12-22)27-18-4-2-3-17-19(18)26-10-9-25-17/h2-6,11,15-16,23H,7-10,12H2,1H3/t15-,16-/m1/s1. The molecule has 3 heterocycles. The highest BCUT2D eigenvalue weighted by molar-refractivity contribution is 5.94. The summed E-state index contributed by atoms with van der Waals surface area (Å²) in [6, 6.07) is 9.02. The van der Waals surface area contributed by atoms with Crippen LogP contribution >= 0.6 is 0 Å². The van der Waals surface area contributed by atoms with Gasteiger partial charge in [-0.05, 0) is 31.2 Å². The summed E-state index contributed by atoms with van der Waals surface area (Å²) in [5.41, 5.74) is 1.38. The van der Waals surface area contributed by atoms with E-state index in [0.29, 0.717) is 49.0 Å². The van der Waals surface area contributed by atoms with Gasteiger partial charge in [0.1, 0.15) is 25.4 Å². The first-order valence-corrected chi connectivity index (χ1v) is 9.07. The van der Waals surface area contributed by atoms with Gasteiger partial charge in [0.25, 0.3) is 5.91 Å².